The Balaban J connectivity index is 1.49. The lowest BCUT2D eigenvalue weighted by Crippen LogP contribution is -2.29. The third-order valence-corrected chi connectivity index (χ3v) is 6.20. The molecule has 1 aromatic heterocycles. The first-order chi connectivity index (χ1) is 17.9. The molecule has 0 atom stereocenters. The molecule has 0 saturated heterocycles. The van der Waals surface area contributed by atoms with E-state index in [0.29, 0.717) is 17.5 Å². The van der Waals surface area contributed by atoms with Gasteiger partial charge in [-0.05, 0) is 44.2 Å². The van der Waals surface area contributed by atoms with Crippen LogP contribution >= 0.6 is 11.6 Å². The monoisotopic (exact) mass is 518 g/mol. The number of hydrogen-bond acceptors (Lipinski definition) is 5. The van der Waals surface area contributed by atoms with Crippen molar-refractivity contribution in [2.24, 2.45) is 10.7 Å². The van der Waals surface area contributed by atoms with E-state index in [4.69, 9.17) is 27.2 Å². The van der Waals surface area contributed by atoms with Crippen molar-refractivity contribution in [1.29, 1.82) is 0 Å². The first-order valence-electron chi connectivity index (χ1n) is 12.2. The summed E-state index contributed by atoms with van der Waals surface area (Å²) in [6, 6.07) is 17.0. The van der Waals surface area contributed by atoms with E-state index in [-0.39, 0.29) is 23.6 Å². The van der Waals surface area contributed by atoms with Gasteiger partial charge in [-0.15, -0.1) is 0 Å². The zero-order valence-corrected chi connectivity index (χ0v) is 21.5. The number of anilines is 1. The Morgan fingerprint density at radius 1 is 1.24 bits per heavy atom. The number of hydrogen-bond donors (Lipinski definition) is 3. The standard InChI is InChI=1S/C28H31ClN6O2/c1-19-11-13-23(14-12-19)35-26(17-24(34-35)21-7-3-4-8-21)33-28(36)31-18-22-9-5-6-10-25(22)37-27(15-16-30)32-20(2)29/h5-6,9-17,21H,2-4,7-8,18,30H2,1H3,(H2,31,33,36)/b16-15-,32-27?. The number of nitrogens with two attached hydrogens (primary N) is 1. The average molecular weight is 519 g/mol. The van der Waals surface area contributed by atoms with E-state index in [1.54, 1.807) is 10.7 Å². The molecule has 4 N–H and O–H groups in total. The molecule has 2 aromatic carbocycles. The van der Waals surface area contributed by atoms with Gasteiger partial charge in [0, 0.05) is 30.2 Å². The minimum atomic E-state index is -0.356. The van der Waals surface area contributed by atoms with Crippen LogP contribution in [-0.2, 0) is 6.54 Å². The molecule has 3 aromatic rings. The Kier molecular flexibility index (Phi) is 8.64. The number of carbonyl (C=O) groups excluding carboxylic acids is 1. The molecule has 1 aliphatic carbocycles. The van der Waals surface area contributed by atoms with Gasteiger partial charge in [0.05, 0.1) is 11.4 Å². The Morgan fingerprint density at radius 2 is 1.97 bits per heavy atom. The van der Waals surface area contributed by atoms with Crippen molar-refractivity contribution < 1.29 is 9.53 Å². The van der Waals surface area contributed by atoms with Crippen LogP contribution in [0.15, 0.2) is 83.6 Å². The zero-order valence-electron chi connectivity index (χ0n) is 20.8. The summed E-state index contributed by atoms with van der Waals surface area (Å²) < 4.78 is 7.64. The summed E-state index contributed by atoms with van der Waals surface area (Å²) in [5, 5.41) is 10.8. The lowest BCUT2D eigenvalue weighted by molar-refractivity contribution is 0.251. The van der Waals surface area contributed by atoms with Crippen molar-refractivity contribution >= 4 is 29.3 Å². The van der Waals surface area contributed by atoms with Gasteiger partial charge in [0.25, 0.3) is 0 Å². The highest BCUT2D eigenvalue weighted by Gasteiger charge is 2.22. The molecule has 1 heterocycles. The fourth-order valence-corrected chi connectivity index (χ4v) is 4.37. The summed E-state index contributed by atoms with van der Waals surface area (Å²) in [5.74, 6) is 1.73. The summed E-state index contributed by atoms with van der Waals surface area (Å²) in [4.78, 5) is 17.0. The Hall–Kier alpha value is -4.04. The predicted molar refractivity (Wildman–Crippen MR) is 148 cm³/mol. The molecule has 0 unspecified atom stereocenters. The molecule has 37 heavy (non-hydrogen) atoms. The smallest absolute Gasteiger partial charge is 0.320 e. The number of aromatic nitrogens is 2. The summed E-state index contributed by atoms with van der Waals surface area (Å²) in [6.45, 7) is 5.81. The topological polar surface area (TPSA) is 107 Å². The normalized spacial score (nSPS) is 14.2. The van der Waals surface area contributed by atoms with Crippen LogP contribution in [0.2, 0.25) is 0 Å². The highest BCUT2D eigenvalue weighted by molar-refractivity contribution is 6.29. The third-order valence-electron chi connectivity index (χ3n) is 6.12. The van der Waals surface area contributed by atoms with Crippen LogP contribution in [0.5, 0.6) is 5.75 Å². The highest BCUT2D eigenvalue weighted by Crippen LogP contribution is 2.35. The van der Waals surface area contributed by atoms with E-state index < -0.39 is 0 Å². The van der Waals surface area contributed by atoms with Crippen molar-refractivity contribution in [1.82, 2.24) is 15.1 Å². The first kappa shape index (κ1) is 26.0. The van der Waals surface area contributed by atoms with Gasteiger partial charge in [-0.1, -0.05) is 66.9 Å². The molecule has 0 aliphatic heterocycles. The van der Waals surface area contributed by atoms with Crippen LogP contribution in [0.4, 0.5) is 10.6 Å². The van der Waals surface area contributed by atoms with E-state index in [0.717, 1.165) is 35.3 Å². The number of carbonyl (C=O) groups is 1. The summed E-state index contributed by atoms with van der Waals surface area (Å²) in [6.07, 6.45) is 7.42. The zero-order chi connectivity index (χ0) is 26.2. The number of halogens is 1. The number of rotatable bonds is 8. The Morgan fingerprint density at radius 3 is 2.68 bits per heavy atom. The number of benzene rings is 2. The molecule has 8 nitrogen and oxygen atoms in total. The maximum absolute atomic E-state index is 13.0. The number of ether oxygens (including phenoxy) is 1. The molecule has 0 bridgehead atoms. The van der Waals surface area contributed by atoms with Crippen LogP contribution in [0, 0.1) is 6.92 Å². The SMILES string of the molecule is C=C(Cl)N=C(/C=C\N)Oc1ccccc1CNC(=O)Nc1cc(C2CCCC2)nn1-c1ccc(C)cc1. The summed E-state index contributed by atoms with van der Waals surface area (Å²) in [5.41, 5.74) is 9.29. The van der Waals surface area contributed by atoms with Crippen LogP contribution < -0.4 is 21.1 Å². The van der Waals surface area contributed by atoms with E-state index in [2.05, 4.69) is 22.2 Å². The summed E-state index contributed by atoms with van der Waals surface area (Å²) >= 11 is 5.79. The van der Waals surface area contributed by atoms with Gasteiger partial charge >= 0.3 is 6.03 Å². The van der Waals surface area contributed by atoms with Crippen LogP contribution in [0.3, 0.4) is 0 Å². The van der Waals surface area contributed by atoms with Crippen LogP contribution in [-0.4, -0.2) is 21.7 Å². The van der Waals surface area contributed by atoms with E-state index in [1.807, 2.05) is 55.5 Å². The van der Waals surface area contributed by atoms with E-state index in [1.165, 1.54) is 25.1 Å². The molecule has 1 fully saturated rings. The van der Waals surface area contributed by atoms with E-state index >= 15 is 0 Å². The maximum atomic E-state index is 13.0. The second-order valence-corrected chi connectivity index (χ2v) is 9.32. The average Bonchev–Trinajstić information content (AvgIpc) is 3.54. The molecule has 192 valence electrons. The van der Waals surface area contributed by atoms with Crippen LogP contribution in [0.25, 0.3) is 5.69 Å². The van der Waals surface area contributed by atoms with Crippen molar-refractivity contribution in [2.45, 2.75) is 45.1 Å². The number of nitrogens with zero attached hydrogens (tertiary/aromatic N) is 3. The molecule has 4 rings (SSSR count). The lowest BCUT2D eigenvalue weighted by atomic mass is 10.0. The minimum Gasteiger partial charge on any atom is -0.439 e. The van der Waals surface area contributed by atoms with Gasteiger partial charge in [0.15, 0.2) is 0 Å². The number of para-hydroxylation sites is 1. The third kappa shape index (κ3) is 7.01. The minimum absolute atomic E-state index is 0.0604. The number of amides is 2. The fourth-order valence-electron chi connectivity index (χ4n) is 4.29. The molecule has 1 saturated carbocycles. The Bertz CT molecular complexity index is 1310. The number of nitrogens with one attached hydrogen (secondary N) is 2. The highest BCUT2D eigenvalue weighted by atomic mass is 35.5. The molecule has 0 spiro atoms. The van der Waals surface area contributed by atoms with Gasteiger partial charge in [0.2, 0.25) is 5.90 Å². The van der Waals surface area contributed by atoms with Gasteiger partial charge in [0.1, 0.15) is 16.7 Å². The predicted octanol–water partition coefficient (Wildman–Crippen LogP) is 6.12. The lowest BCUT2D eigenvalue weighted by Gasteiger charge is -2.13. The first-order valence-corrected chi connectivity index (χ1v) is 12.6. The van der Waals surface area contributed by atoms with E-state index in [9.17, 15) is 4.79 Å². The molecular weight excluding hydrogens is 488 g/mol. The van der Waals surface area contributed by atoms with Crippen molar-refractivity contribution in [3.05, 3.63) is 95.4 Å². The summed E-state index contributed by atoms with van der Waals surface area (Å²) in [7, 11) is 0. The molecule has 0 radical (unpaired) electrons. The van der Waals surface area contributed by atoms with Gasteiger partial charge < -0.3 is 15.8 Å². The number of aliphatic imine (C=N–C) groups is 1. The van der Waals surface area contributed by atoms with Gasteiger partial charge in [-0.25, -0.2) is 14.5 Å². The van der Waals surface area contributed by atoms with Crippen molar-refractivity contribution in [3.63, 3.8) is 0 Å². The second-order valence-electron chi connectivity index (χ2n) is 8.89. The quantitative estimate of drug-likeness (QED) is 0.190. The molecular formula is C28H31ClN6O2. The largest absolute Gasteiger partial charge is 0.439 e. The van der Waals surface area contributed by atoms with Crippen molar-refractivity contribution in [2.75, 3.05) is 5.32 Å². The molecule has 1 aliphatic rings. The Labute approximate surface area is 221 Å². The molecule has 2 amide bonds. The number of urea groups is 1. The van der Waals surface area contributed by atoms with Gasteiger partial charge in [-0.3, -0.25) is 5.32 Å². The van der Waals surface area contributed by atoms with Gasteiger partial charge in [-0.2, -0.15) is 5.10 Å². The van der Waals surface area contributed by atoms with Crippen LogP contribution in [0.1, 0.15) is 48.4 Å². The van der Waals surface area contributed by atoms with Crippen molar-refractivity contribution in [3.8, 4) is 11.4 Å². The number of aryl methyl sites for hydroxylation is 1. The second kappa shape index (κ2) is 12.3. The molecule has 9 heteroatoms. The maximum Gasteiger partial charge on any atom is 0.320 e. The fraction of sp³-hybridized carbons (Fsp3) is 0.250.